The smallest absolute Gasteiger partial charge is 0.459 e. The second kappa shape index (κ2) is 7.86. The summed E-state index contributed by atoms with van der Waals surface area (Å²) in [5, 5.41) is -1.59. The van der Waals surface area contributed by atoms with Gasteiger partial charge in [0.2, 0.25) is 5.28 Å². The molecule has 13 heteroatoms. The maximum Gasteiger partial charge on any atom is 0.459 e. The minimum Gasteiger partial charge on any atom is -0.459 e. The van der Waals surface area contributed by atoms with E-state index in [1.807, 2.05) is 0 Å². The van der Waals surface area contributed by atoms with E-state index in [1.54, 1.807) is 0 Å². The molecule has 1 aromatic carbocycles. The molecule has 0 aliphatic heterocycles. The largest absolute Gasteiger partial charge is 0.459 e. The van der Waals surface area contributed by atoms with E-state index in [9.17, 15) is 35.9 Å². The Bertz CT molecular complexity index is 1020. The number of hydrogen-bond donors (Lipinski definition) is 0. The van der Waals surface area contributed by atoms with Crippen LogP contribution in [-0.2, 0) is 10.7 Å². The second-order valence-electron chi connectivity index (χ2n) is 5.89. The third kappa shape index (κ3) is 4.50. The fourth-order valence-corrected chi connectivity index (χ4v) is 2.61. The molecule has 5 nitrogen and oxygen atoms in total. The van der Waals surface area contributed by atoms with E-state index in [0.29, 0.717) is 6.07 Å². The van der Waals surface area contributed by atoms with Gasteiger partial charge in [-0.1, -0.05) is 11.6 Å². The van der Waals surface area contributed by atoms with Crippen molar-refractivity contribution in [3.05, 3.63) is 55.9 Å². The molecule has 0 aliphatic rings. The van der Waals surface area contributed by atoms with Crippen molar-refractivity contribution >= 4 is 29.2 Å². The average Bonchev–Trinajstić information content (AvgIpc) is 2.54. The van der Waals surface area contributed by atoms with Crippen LogP contribution in [0.3, 0.4) is 0 Å². The molecule has 0 aliphatic carbocycles. The van der Waals surface area contributed by atoms with Crippen molar-refractivity contribution in [3.8, 4) is 5.69 Å². The molecule has 0 saturated carbocycles. The molecule has 0 amide bonds. The first-order valence-corrected chi connectivity index (χ1v) is 8.37. The van der Waals surface area contributed by atoms with Gasteiger partial charge in [0, 0.05) is 6.07 Å². The summed E-state index contributed by atoms with van der Waals surface area (Å²) in [4.78, 5) is 27.1. The van der Waals surface area contributed by atoms with Crippen molar-refractivity contribution in [2.75, 3.05) is 0 Å². The van der Waals surface area contributed by atoms with Crippen LogP contribution in [-0.4, -0.2) is 27.8 Å². The molecule has 2 aromatic rings. The SMILES string of the molecule is CC(C)OC(=O)c1cc(-n2c(Cl)nc(C(F)(F)C(F)(F)F)cc2=O)c(F)cc1Cl. The quantitative estimate of drug-likeness (QED) is 0.368. The Morgan fingerprint density at radius 1 is 1.14 bits per heavy atom. The average molecular weight is 463 g/mol. The highest BCUT2D eigenvalue weighted by Crippen LogP contribution is 2.43. The number of carbonyl (C=O) groups excluding carboxylic acids is 1. The molecule has 1 heterocycles. The van der Waals surface area contributed by atoms with E-state index in [1.165, 1.54) is 13.8 Å². The van der Waals surface area contributed by atoms with Gasteiger partial charge in [0.05, 0.1) is 22.4 Å². The highest BCUT2D eigenvalue weighted by atomic mass is 35.5. The van der Waals surface area contributed by atoms with Crippen molar-refractivity contribution in [3.63, 3.8) is 0 Å². The number of alkyl halides is 5. The number of aromatic nitrogens is 2. The molecule has 158 valence electrons. The highest BCUT2D eigenvalue weighted by molar-refractivity contribution is 6.33. The summed E-state index contributed by atoms with van der Waals surface area (Å²) in [7, 11) is 0. The summed E-state index contributed by atoms with van der Waals surface area (Å²) in [6.45, 7) is 3.03. The van der Waals surface area contributed by atoms with Crippen molar-refractivity contribution in [1.29, 1.82) is 0 Å². The Morgan fingerprint density at radius 3 is 2.21 bits per heavy atom. The molecule has 29 heavy (non-hydrogen) atoms. The van der Waals surface area contributed by atoms with Gasteiger partial charge in [0.1, 0.15) is 11.5 Å². The molecule has 0 N–H and O–H groups in total. The molecule has 0 spiro atoms. The van der Waals surface area contributed by atoms with Crippen molar-refractivity contribution in [1.82, 2.24) is 9.55 Å². The van der Waals surface area contributed by atoms with Crippen LogP contribution in [0.2, 0.25) is 10.3 Å². The van der Waals surface area contributed by atoms with Gasteiger partial charge in [0.15, 0.2) is 0 Å². The standard InChI is InChI=1S/C16H10Cl2F6N2O3/c1-6(2)29-13(28)7-3-10(9(19)4-8(7)17)26-12(27)5-11(25-14(26)18)15(20,21)16(22,23)24/h3-6H,1-2H3. The summed E-state index contributed by atoms with van der Waals surface area (Å²) in [6.07, 6.45) is -6.62. The fraction of sp³-hybridized carbons (Fsp3) is 0.312. The Morgan fingerprint density at radius 2 is 1.72 bits per heavy atom. The fourth-order valence-electron chi connectivity index (χ4n) is 2.12. The van der Waals surface area contributed by atoms with Gasteiger partial charge in [-0.15, -0.1) is 0 Å². The van der Waals surface area contributed by atoms with Crippen LogP contribution in [0.25, 0.3) is 5.69 Å². The number of halogens is 8. The number of nitrogens with zero attached hydrogens (tertiary/aromatic N) is 2. The third-order valence-electron chi connectivity index (χ3n) is 3.40. The van der Waals surface area contributed by atoms with Crippen molar-refractivity contribution in [2.45, 2.75) is 32.1 Å². The third-order valence-corrected chi connectivity index (χ3v) is 3.96. The summed E-state index contributed by atoms with van der Waals surface area (Å²) in [5.74, 6) is -7.69. The van der Waals surface area contributed by atoms with Gasteiger partial charge >= 0.3 is 18.1 Å². The number of hydrogen-bond acceptors (Lipinski definition) is 4. The van der Waals surface area contributed by atoms with Gasteiger partial charge in [0.25, 0.3) is 5.56 Å². The number of carbonyl (C=O) groups is 1. The normalized spacial score (nSPS) is 12.4. The lowest BCUT2D eigenvalue weighted by molar-refractivity contribution is -0.291. The predicted molar refractivity (Wildman–Crippen MR) is 90.3 cm³/mol. The Kier molecular flexibility index (Phi) is 6.24. The zero-order valence-corrected chi connectivity index (χ0v) is 16.0. The molecule has 1 aromatic heterocycles. The minimum absolute atomic E-state index is 0.139. The highest BCUT2D eigenvalue weighted by Gasteiger charge is 2.60. The summed E-state index contributed by atoms with van der Waals surface area (Å²) < 4.78 is 83.8. The number of benzene rings is 1. The van der Waals surface area contributed by atoms with E-state index < -0.39 is 62.8 Å². The predicted octanol–water partition coefficient (Wildman–Crippen LogP) is 4.90. The molecule has 0 saturated heterocycles. The Balaban J connectivity index is 2.67. The molecule has 0 atom stereocenters. The first-order chi connectivity index (χ1) is 13.2. The van der Waals surface area contributed by atoms with E-state index >= 15 is 0 Å². The molecular weight excluding hydrogens is 453 g/mol. The summed E-state index contributed by atoms with van der Waals surface area (Å²) in [5.41, 5.74) is -4.67. The Hall–Kier alpha value is -2.27. The topological polar surface area (TPSA) is 61.2 Å². The van der Waals surface area contributed by atoms with Crippen LogP contribution in [0.15, 0.2) is 23.0 Å². The summed E-state index contributed by atoms with van der Waals surface area (Å²) in [6, 6.07) is 1.22. The van der Waals surface area contributed by atoms with Crippen LogP contribution in [0.5, 0.6) is 0 Å². The van der Waals surface area contributed by atoms with E-state index in [2.05, 4.69) is 4.98 Å². The van der Waals surface area contributed by atoms with E-state index in [4.69, 9.17) is 27.9 Å². The molecule has 0 fully saturated rings. The monoisotopic (exact) mass is 462 g/mol. The van der Waals surface area contributed by atoms with Crippen LogP contribution >= 0.6 is 23.2 Å². The molecule has 0 unspecified atom stereocenters. The van der Waals surface area contributed by atoms with Crippen molar-refractivity contribution in [2.24, 2.45) is 0 Å². The van der Waals surface area contributed by atoms with E-state index in [0.717, 1.165) is 6.07 Å². The Labute approximate surface area is 168 Å². The zero-order chi connectivity index (χ0) is 22.3. The molecule has 2 rings (SSSR count). The van der Waals surface area contributed by atoms with Gasteiger partial charge < -0.3 is 4.74 Å². The van der Waals surface area contributed by atoms with Gasteiger partial charge in [-0.2, -0.15) is 22.0 Å². The number of rotatable bonds is 4. The second-order valence-corrected chi connectivity index (χ2v) is 6.64. The summed E-state index contributed by atoms with van der Waals surface area (Å²) >= 11 is 11.4. The van der Waals surface area contributed by atoms with Gasteiger partial charge in [-0.3, -0.25) is 4.79 Å². The molecule has 0 radical (unpaired) electrons. The lowest BCUT2D eigenvalue weighted by atomic mass is 10.1. The van der Waals surface area contributed by atoms with Crippen LogP contribution < -0.4 is 5.56 Å². The van der Waals surface area contributed by atoms with Crippen molar-refractivity contribution < 1.29 is 35.9 Å². The number of ether oxygens (including phenoxy) is 1. The molecular formula is C16H10Cl2F6N2O3. The first kappa shape index (κ1) is 23.0. The van der Waals surface area contributed by atoms with Crippen LogP contribution in [0.4, 0.5) is 26.3 Å². The van der Waals surface area contributed by atoms with Gasteiger partial charge in [-0.05, 0) is 37.6 Å². The first-order valence-electron chi connectivity index (χ1n) is 7.61. The lowest BCUT2D eigenvalue weighted by Gasteiger charge is -2.20. The van der Waals surface area contributed by atoms with E-state index in [-0.39, 0.29) is 10.6 Å². The zero-order valence-electron chi connectivity index (χ0n) is 14.5. The van der Waals surface area contributed by atoms with Crippen LogP contribution in [0.1, 0.15) is 29.9 Å². The lowest BCUT2D eigenvalue weighted by Crippen LogP contribution is -2.36. The minimum atomic E-state index is -6.04. The van der Waals surface area contributed by atoms with Gasteiger partial charge in [-0.25, -0.2) is 18.7 Å². The maximum atomic E-state index is 14.3. The molecule has 0 bridgehead atoms. The van der Waals surface area contributed by atoms with Crippen LogP contribution in [0, 0.1) is 5.82 Å². The number of esters is 1. The maximum absolute atomic E-state index is 14.3.